The van der Waals surface area contributed by atoms with E-state index in [1.807, 2.05) is 6.92 Å². The van der Waals surface area contributed by atoms with Crippen LogP contribution in [0.2, 0.25) is 0 Å². The first kappa shape index (κ1) is 17.2. The summed E-state index contributed by atoms with van der Waals surface area (Å²) >= 11 is 0. The lowest BCUT2D eigenvalue weighted by atomic mass is 10.1. The van der Waals surface area contributed by atoms with Gasteiger partial charge in [0.1, 0.15) is 0 Å². The van der Waals surface area contributed by atoms with Gasteiger partial charge in [-0.1, -0.05) is 38.1 Å². The van der Waals surface area contributed by atoms with E-state index in [0.29, 0.717) is 6.54 Å². The van der Waals surface area contributed by atoms with Gasteiger partial charge in [-0.25, -0.2) is 0 Å². The first-order valence-electron chi connectivity index (χ1n) is 7.87. The molecule has 0 fully saturated rings. The molecule has 0 radical (unpaired) electrons. The van der Waals surface area contributed by atoms with Crippen molar-refractivity contribution < 1.29 is 5.11 Å². The lowest BCUT2D eigenvalue weighted by Crippen LogP contribution is -2.32. The molecule has 0 aliphatic rings. The van der Waals surface area contributed by atoms with Crippen molar-refractivity contribution in [3.05, 3.63) is 35.4 Å². The maximum atomic E-state index is 9.70. The van der Waals surface area contributed by atoms with E-state index in [1.54, 1.807) is 0 Å². The monoisotopic (exact) mass is 278 g/mol. The third-order valence-corrected chi connectivity index (χ3v) is 3.80. The number of aliphatic hydroxyl groups is 1. The predicted octanol–water partition coefficient (Wildman–Crippen LogP) is 2.56. The Morgan fingerprint density at radius 3 is 2.60 bits per heavy atom. The van der Waals surface area contributed by atoms with Crippen molar-refractivity contribution >= 4 is 0 Å². The molecule has 0 heterocycles. The van der Waals surface area contributed by atoms with Gasteiger partial charge in [0.05, 0.1) is 6.10 Å². The smallest absolute Gasteiger partial charge is 0.0664 e. The number of nitrogens with zero attached hydrogens (tertiary/aromatic N) is 1. The number of nitrogens with two attached hydrogens (primary N) is 1. The highest BCUT2D eigenvalue weighted by molar-refractivity contribution is 5.23. The lowest BCUT2D eigenvalue weighted by molar-refractivity contribution is 0.111. The summed E-state index contributed by atoms with van der Waals surface area (Å²) in [5.41, 5.74) is 8.25. The lowest BCUT2D eigenvalue weighted by Gasteiger charge is -2.22. The van der Waals surface area contributed by atoms with Gasteiger partial charge in [0.2, 0.25) is 0 Å². The van der Waals surface area contributed by atoms with E-state index < -0.39 is 0 Å². The van der Waals surface area contributed by atoms with E-state index in [0.717, 1.165) is 32.5 Å². The molecule has 1 unspecified atom stereocenters. The Morgan fingerprint density at radius 2 is 1.95 bits per heavy atom. The van der Waals surface area contributed by atoms with Gasteiger partial charge in [0, 0.05) is 13.1 Å². The molecule has 0 amide bonds. The minimum Gasteiger partial charge on any atom is -0.392 e. The van der Waals surface area contributed by atoms with E-state index in [4.69, 9.17) is 5.73 Å². The molecule has 20 heavy (non-hydrogen) atoms. The van der Waals surface area contributed by atoms with Crippen LogP contribution in [0, 0.1) is 0 Å². The number of rotatable bonds is 10. The third kappa shape index (κ3) is 6.51. The van der Waals surface area contributed by atoms with Gasteiger partial charge >= 0.3 is 0 Å². The first-order valence-corrected chi connectivity index (χ1v) is 7.87. The molecular weight excluding hydrogens is 248 g/mol. The molecule has 0 saturated heterocycles. The van der Waals surface area contributed by atoms with Gasteiger partial charge < -0.3 is 15.7 Å². The molecule has 1 aromatic rings. The molecule has 1 rings (SSSR count). The summed E-state index contributed by atoms with van der Waals surface area (Å²) in [4.78, 5) is 2.34. The largest absolute Gasteiger partial charge is 0.392 e. The van der Waals surface area contributed by atoms with Gasteiger partial charge in [0.25, 0.3) is 0 Å². The maximum Gasteiger partial charge on any atom is 0.0664 e. The number of unbranched alkanes of at least 4 members (excludes halogenated alkanes) is 1. The zero-order valence-electron chi connectivity index (χ0n) is 13.0. The number of benzene rings is 1. The molecule has 0 aliphatic carbocycles. The second-order valence-corrected chi connectivity index (χ2v) is 5.44. The van der Waals surface area contributed by atoms with Gasteiger partial charge in [-0.05, 0) is 49.9 Å². The second-order valence-electron chi connectivity index (χ2n) is 5.44. The standard InChI is InChI=1S/C17H30N2O/c1-3-17(20)14-19(4-2)11-6-5-8-15-9-7-10-16(12-15)13-18/h7,9-10,12,17,20H,3-6,8,11,13-14,18H2,1-2H3. The summed E-state index contributed by atoms with van der Waals surface area (Å²) in [5, 5.41) is 9.70. The van der Waals surface area contributed by atoms with Gasteiger partial charge in [-0.3, -0.25) is 0 Å². The van der Waals surface area contributed by atoms with Gasteiger partial charge in [-0.15, -0.1) is 0 Å². The summed E-state index contributed by atoms with van der Waals surface area (Å²) in [7, 11) is 0. The average molecular weight is 278 g/mol. The Labute approximate surface area is 123 Å². The van der Waals surface area contributed by atoms with Crippen LogP contribution in [0.15, 0.2) is 24.3 Å². The fourth-order valence-electron chi connectivity index (χ4n) is 2.38. The van der Waals surface area contributed by atoms with E-state index >= 15 is 0 Å². The number of hydrogen-bond donors (Lipinski definition) is 2. The van der Waals surface area contributed by atoms with E-state index in [-0.39, 0.29) is 6.10 Å². The van der Waals surface area contributed by atoms with Crippen LogP contribution in [-0.2, 0) is 13.0 Å². The van der Waals surface area contributed by atoms with Crippen LogP contribution in [0.1, 0.15) is 44.2 Å². The summed E-state index contributed by atoms with van der Waals surface area (Å²) in [6.07, 6.45) is 4.13. The summed E-state index contributed by atoms with van der Waals surface area (Å²) in [5.74, 6) is 0. The second kappa shape index (κ2) is 9.92. The van der Waals surface area contributed by atoms with Crippen molar-refractivity contribution in [1.29, 1.82) is 0 Å². The molecule has 0 aromatic heterocycles. The molecule has 0 spiro atoms. The van der Waals surface area contributed by atoms with Gasteiger partial charge in [-0.2, -0.15) is 0 Å². The predicted molar refractivity (Wildman–Crippen MR) is 85.7 cm³/mol. The number of aliphatic hydroxyl groups excluding tert-OH is 1. The van der Waals surface area contributed by atoms with E-state index in [9.17, 15) is 5.11 Å². The van der Waals surface area contributed by atoms with Crippen LogP contribution in [0.5, 0.6) is 0 Å². The fraction of sp³-hybridized carbons (Fsp3) is 0.647. The van der Waals surface area contributed by atoms with Crippen molar-refractivity contribution in [2.24, 2.45) is 5.73 Å². The Kier molecular flexibility index (Phi) is 8.51. The third-order valence-electron chi connectivity index (χ3n) is 3.80. The quantitative estimate of drug-likeness (QED) is 0.647. The van der Waals surface area contributed by atoms with Crippen LogP contribution < -0.4 is 5.73 Å². The Balaban J connectivity index is 2.25. The number of aryl methyl sites for hydroxylation is 1. The number of likely N-dealkylation sites (N-methyl/N-ethyl adjacent to an activating group) is 1. The Morgan fingerprint density at radius 1 is 1.20 bits per heavy atom. The van der Waals surface area contributed by atoms with E-state index in [1.165, 1.54) is 24.0 Å². The fourth-order valence-corrected chi connectivity index (χ4v) is 2.38. The van der Waals surface area contributed by atoms with Crippen LogP contribution in [0.4, 0.5) is 0 Å². The molecular formula is C17H30N2O. The van der Waals surface area contributed by atoms with Crippen LogP contribution in [-0.4, -0.2) is 35.7 Å². The zero-order valence-corrected chi connectivity index (χ0v) is 13.0. The zero-order chi connectivity index (χ0) is 14.8. The van der Waals surface area contributed by atoms with Crippen molar-refractivity contribution in [3.8, 4) is 0 Å². The van der Waals surface area contributed by atoms with Crippen molar-refractivity contribution in [2.75, 3.05) is 19.6 Å². The number of hydrogen-bond acceptors (Lipinski definition) is 3. The topological polar surface area (TPSA) is 49.5 Å². The summed E-state index contributed by atoms with van der Waals surface area (Å²) < 4.78 is 0. The van der Waals surface area contributed by atoms with Crippen LogP contribution in [0.3, 0.4) is 0 Å². The molecule has 3 nitrogen and oxygen atoms in total. The molecule has 1 atom stereocenters. The normalized spacial score (nSPS) is 12.8. The summed E-state index contributed by atoms with van der Waals surface area (Å²) in [6, 6.07) is 8.55. The maximum absolute atomic E-state index is 9.70. The molecule has 1 aromatic carbocycles. The molecule has 0 saturated carbocycles. The van der Waals surface area contributed by atoms with Gasteiger partial charge in [0.15, 0.2) is 0 Å². The average Bonchev–Trinajstić information content (AvgIpc) is 2.50. The first-order chi connectivity index (χ1) is 9.69. The SMILES string of the molecule is CCC(O)CN(CC)CCCCc1cccc(CN)c1. The molecule has 114 valence electrons. The molecule has 0 aliphatic heterocycles. The molecule has 3 heteroatoms. The highest BCUT2D eigenvalue weighted by Crippen LogP contribution is 2.09. The highest BCUT2D eigenvalue weighted by Gasteiger charge is 2.07. The van der Waals surface area contributed by atoms with Crippen LogP contribution in [0.25, 0.3) is 0 Å². The van der Waals surface area contributed by atoms with Crippen molar-refractivity contribution in [3.63, 3.8) is 0 Å². The Hall–Kier alpha value is -0.900. The van der Waals surface area contributed by atoms with E-state index in [2.05, 4.69) is 36.1 Å². The van der Waals surface area contributed by atoms with Crippen molar-refractivity contribution in [1.82, 2.24) is 4.90 Å². The minimum atomic E-state index is -0.184. The van der Waals surface area contributed by atoms with Crippen molar-refractivity contribution in [2.45, 2.75) is 52.2 Å². The highest BCUT2D eigenvalue weighted by atomic mass is 16.3. The molecule has 3 N–H and O–H groups in total. The minimum absolute atomic E-state index is 0.184. The Bertz CT molecular complexity index is 368. The molecule has 0 bridgehead atoms. The summed E-state index contributed by atoms with van der Waals surface area (Å²) in [6.45, 7) is 7.70. The van der Waals surface area contributed by atoms with Crippen LogP contribution >= 0.6 is 0 Å².